The molecule has 0 aromatic heterocycles. The lowest BCUT2D eigenvalue weighted by Gasteiger charge is -2.00. The van der Waals surface area contributed by atoms with E-state index in [0.29, 0.717) is 18.7 Å². The molecule has 0 atom stereocenters. The Morgan fingerprint density at radius 1 is 1.10 bits per heavy atom. The first-order chi connectivity index (χ1) is 9.38. The fraction of sp³-hybridized carbons (Fsp3) is 0.222. The van der Waals surface area contributed by atoms with Crippen LogP contribution in [0.1, 0.15) is 12.5 Å². The number of nitro groups is 3. The molecule has 0 fully saturated rings. The number of nitrogens with one attached hydrogen (secondary N) is 1. The number of nitrogens with zero attached hydrogens (tertiary/aromatic N) is 4. The first kappa shape index (κ1) is 14.9. The second-order valence-electron chi connectivity index (χ2n) is 3.44. The zero-order chi connectivity index (χ0) is 15.3. The fourth-order valence-corrected chi connectivity index (χ4v) is 1.35. The minimum atomic E-state index is -0.939. The van der Waals surface area contributed by atoms with Crippen LogP contribution in [0.3, 0.4) is 0 Å². The van der Waals surface area contributed by atoms with Crippen molar-refractivity contribution in [2.75, 3.05) is 6.54 Å². The summed E-state index contributed by atoms with van der Waals surface area (Å²) in [6.07, 6.45) is 0.892. The Morgan fingerprint density at radius 2 is 1.60 bits per heavy atom. The maximum Gasteiger partial charge on any atom is 0.292 e. The van der Waals surface area contributed by atoms with Crippen molar-refractivity contribution in [1.29, 1.82) is 0 Å². The highest BCUT2D eigenvalue weighted by Gasteiger charge is 2.29. The van der Waals surface area contributed by atoms with E-state index in [4.69, 9.17) is 0 Å². The first-order valence-corrected chi connectivity index (χ1v) is 5.25. The topological polar surface area (TPSA) is 154 Å². The standard InChI is InChI=1S/C9H9N5O6/c1-2-10-11-5-7-8(13(17)18)3-6(12(15)16)4-9(7)14(19)20/h3-5,10H,2H2,1H3. The van der Waals surface area contributed by atoms with Crippen LogP contribution in [0, 0.1) is 30.3 Å². The number of non-ortho nitro benzene ring substituents is 1. The average Bonchev–Trinajstić information content (AvgIpc) is 2.37. The Kier molecular flexibility index (Phi) is 4.61. The van der Waals surface area contributed by atoms with Crippen molar-refractivity contribution in [2.45, 2.75) is 6.92 Å². The first-order valence-electron chi connectivity index (χ1n) is 5.25. The lowest BCUT2D eigenvalue weighted by Crippen LogP contribution is -2.06. The molecular weight excluding hydrogens is 274 g/mol. The molecule has 0 radical (unpaired) electrons. The molecule has 0 unspecified atom stereocenters. The summed E-state index contributed by atoms with van der Waals surface area (Å²) in [6, 6.07) is 1.31. The van der Waals surface area contributed by atoms with Gasteiger partial charge in [0.25, 0.3) is 17.1 Å². The van der Waals surface area contributed by atoms with E-state index in [2.05, 4.69) is 10.5 Å². The van der Waals surface area contributed by atoms with E-state index in [1.807, 2.05) is 0 Å². The summed E-state index contributed by atoms with van der Waals surface area (Å²) in [4.78, 5) is 29.6. The van der Waals surface area contributed by atoms with Crippen molar-refractivity contribution >= 4 is 23.3 Å². The molecule has 0 aliphatic heterocycles. The highest BCUT2D eigenvalue weighted by molar-refractivity contribution is 5.91. The number of nitro benzene ring substituents is 3. The van der Waals surface area contributed by atoms with Crippen molar-refractivity contribution in [3.63, 3.8) is 0 Å². The maximum atomic E-state index is 10.9. The minimum absolute atomic E-state index is 0.408. The summed E-state index contributed by atoms with van der Waals surface area (Å²) in [7, 11) is 0. The molecule has 0 spiro atoms. The fourth-order valence-electron chi connectivity index (χ4n) is 1.35. The predicted molar refractivity (Wildman–Crippen MR) is 67.7 cm³/mol. The van der Waals surface area contributed by atoms with Crippen LogP contribution in [0.25, 0.3) is 0 Å². The van der Waals surface area contributed by atoms with Gasteiger partial charge in [0, 0.05) is 6.54 Å². The van der Waals surface area contributed by atoms with Gasteiger partial charge in [-0.1, -0.05) is 0 Å². The van der Waals surface area contributed by atoms with Gasteiger partial charge in [0.15, 0.2) is 5.56 Å². The van der Waals surface area contributed by atoms with Gasteiger partial charge in [-0.15, -0.1) is 0 Å². The molecule has 0 saturated heterocycles. The molecule has 0 saturated carbocycles. The summed E-state index contributed by atoms with van der Waals surface area (Å²) < 4.78 is 0. The van der Waals surface area contributed by atoms with E-state index in [1.165, 1.54) is 0 Å². The molecular formula is C9H9N5O6. The van der Waals surface area contributed by atoms with E-state index in [1.54, 1.807) is 6.92 Å². The Balaban J connectivity index is 3.55. The van der Waals surface area contributed by atoms with Gasteiger partial charge in [-0.3, -0.25) is 30.3 Å². The van der Waals surface area contributed by atoms with Gasteiger partial charge in [0.2, 0.25) is 0 Å². The highest BCUT2D eigenvalue weighted by Crippen LogP contribution is 2.32. The van der Waals surface area contributed by atoms with Gasteiger partial charge in [-0.25, -0.2) is 0 Å². The van der Waals surface area contributed by atoms with Gasteiger partial charge in [0.05, 0.1) is 33.1 Å². The van der Waals surface area contributed by atoms with Crippen LogP contribution in [0.2, 0.25) is 0 Å². The SMILES string of the molecule is CCNN=Cc1c([N+](=O)[O-])cc([N+](=O)[O-])cc1[N+](=O)[O-]. The van der Waals surface area contributed by atoms with Crippen molar-refractivity contribution in [3.05, 3.63) is 48.0 Å². The number of hydrogen-bond donors (Lipinski definition) is 1. The Bertz CT molecular complexity index is 563. The zero-order valence-electron chi connectivity index (χ0n) is 10.2. The van der Waals surface area contributed by atoms with Crippen molar-refractivity contribution in [2.24, 2.45) is 5.10 Å². The van der Waals surface area contributed by atoms with Gasteiger partial charge in [-0.05, 0) is 6.92 Å². The Morgan fingerprint density at radius 3 is 1.95 bits per heavy atom. The van der Waals surface area contributed by atoms with E-state index < -0.39 is 37.4 Å². The molecule has 0 aliphatic rings. The summed E-state index contributed by atoms with van der Waals surface area (Å²) in [5.74, 6) is 0. The highest BCUT2D eigenvalue weighted by atomic mass is 16.6. The smallest absolute Gasteiger partial charge is 0.292 e. The van der Waals surface area contributed by atoms with Crippen LogP contribution in [0.4, 0.5) is 17.1 Å². The van der Waals surface area contributed by atoms with E-state index >= 15 is 0 Å². The van der Waals surface area contributed by atoms with Crippen LogP contribution >= 0.6 is 0 Å². The minimum Gasteiger partial charge on any atom is -0.310 e. The quantitative estimate of drug-likeness (QED) is 0.469. The van der Waals surface area contributed by atoms with Gasteiger partial charge >= 0.3 is 0 Å². The third kappa shape index (κ3) is 3.22. The van der Waals surface area contributed by atoms with Gasteiger partial charge in [-0.2, -0.15) is 5.10 Å². The molecule has 1 rings (SSSR count). The molecule has 1 aromatic carbocycles. The summed E-state index contributed by atoms with van der Waals surface area (Å²) in [5, 5.41) is 36.0. The third-order valence-electron chi connectivity index (χ3n) is 2.17. The summed E-state index contributed by atoms with van der Waals surface area (Å²) >= 11 is 0. The van der Waals surface area contributed by atoms with Crippen LogP contribution in [-0.2, 0) is 0 Å². The molecule has 1 N–H and O–H groups in total. The monoisotopic (exact) mass is 283 g/mol. The summed E-state index contributed by atoms with van der Waals surface area (Å²) in [6.45, 7) is 2.11. The number of benzene rings is 1. The van der Waals surface area contributed by atoms with Gasteiger partial charge < -0.3 is 5.43 Å². The predicted octanol–water partition coefficient (Wildman–Crippen LogP) is 1.35. The molecule has 20 heavy (non-hydrogen) atoms. The lowest BCUT2D eigenvalue weighted by molar-refractivity contribution is -0.403. The normalized spacial score (nSPS) is 10.4. The largest absolute Gasteiger partial charge is 0.310 e. The molecule has 0 heterocycles. The molecule has 1 aromatic rings. The van der Waals surface area contributed by atoms with Crippen molar-refractivity contribution in [1.82, 2.24) is 5.43 Å². The maximum absolute atomic E-state index is 10.9. The van der Waals surface area contributed by atoms with E-state index in [9.17, 15) is 30.3 Å². The molecule has 0 aliphatic carbocycles. The lowest BCUT2D eigenvalue weighted by atomic mass is 10.1. The molecule has 0 bridgehead atoms. The average molecular weight is 283 g/mol. The summed E-state index contributed by atoms with van der Waals surface area (Å²) in [5.41, 5.74) is -0.200. The second-order valence-corrected chi connectivity index (χ2v) is 3.44. The second kappa shape index (κ2) is 6.17. The molecule has 11 nitrogen and oxygen atoms in total. The van der Waals surface area contributed by atoms with Crippen molar-refractivity contribution < 1.29 is 14.8 Å². The van der Waals surface area contributed by atoms with Crippen LogP contribution in [0.5, 0.6) is 0 Å². The molecule has 106 valence electrons. The Labute approximate surface area is 111 Å². The third-order valence-corrected chi connectivity index (χ3v) is 2.17. The zero-order valence-corrected chi connectivity index (χ0v) is 10.2. The van der Waals surface area contributed by atoms with E-state index in [-0.39, 0.29) is 0 Å². The Hall–Kier alpha value is -3.11. The number of hydrazone groups is 1. The molecule has 0 amide bonds. The van der Waals surface area contributed by atoms with Crippen LogP contribution in [0.15, 0.2) is 17.2 Å². The van der Waals surface area contributed by atoms with E-state index in [0.717, 1.165) is 6.21 Å². The van der Waals surface area contributed by atoms with Gasteiger partial charge in [0.1, 0.15) is 0 Å². The number of rotatable bonds is 6. The van der Waals surface area contributed by atoms with Crippen LogP contribution < -0.4 is 5.43 Å². The van der Waals surface area contributed by atoms with Crippen LogP contribution in [-0.4, -0.2) is 27.5 Å². The van der Waals surface area contributed by atoms with Crippen molar-refractivity contribution in [3.8, 4) is 0 Å². The number of hydrogen-bond acceptors (Lipinski definition) is 8. The molecule has 11 heteroatoms.